The van der Waals surface area contributed by atoms with E-state index in [-0.39, 0.29) is 30.1 Å². The van der Waals surface area contributed by atoms with Crippen LogP contribution in [-0.2, 0) is 4.84 Å². The van der Waals surface area contributed by atoms with Crippen LogP contribution in [0.5, 0.6) is 0 Å². The highest BCUT2D eigenvalue weighted by Crippen LogP contribution is 2.66. The number of aliphatic hydroxyl groups is 2. The smallest absolute Gasteiger partial charge is 0.140 e. The van der Waals surface area contributed by atoms with Crippen LogP contribution >= 0.6 is 0 Å². The van der Waals surface area contributed by atoms with Gasteiger partial charge in [0.2, 0.25) is 0 Å². The molecule has 2 N–H and O–H groups in total. The Bertz CT molecular complexity index is 615. The summed E-state index contributed by atoms with van der Waals surface area (Å²) in [5, 5.41) is 23.8. The van der Waals surface area contributed by atoms with Crippen molar-refractivity contribution in [2.24, 2.45) is 39.7 Å². The van der Waals surface area contributed by atoms with Gasteiger partial charge in [-0.1, -0.05) is 45.3 Å². The maximum atomic E-state index is 10.6. The van der Waals surface area contributed by atoms with Crippen molar-refractivity contribution in [1.82, 2.24) is 0 Å². The minimum absolute atomic E-state index is 0.0111. The van der Waals surface area contributed by atoms with Gasteiger partial charge in [0.15, 0.2) is 0 Å². The van der Waals surface area contributed by atoms with Crippen molar-refractivity contribution in [3.8, 4) is 0 Å². The van der Waals surface area contributed by atoms with Crippen LogP contribution in [0.1, 0.15) is 79.6 Å². The Kier molecular flexibility index (Phi) is 6.61. The van der Waals surface area contributed by atoms with E-state index in [9.17, 15) is 5.11 Å². The molecular weight excluding hydrogens is 350 g/mol. The first kappa shape index (κ1) is 21.8. The van der Waals surface area contributed by atoms with E-state index in [1.807, 2.05) is 13.8 Å². The summed E-state index contributed by atoms with van der Waals surface area (Å²) in [6.45, 7) is 11.5. The largest absolute Gasteiger partial charge is 0.393 e. The van der Waals surface area contributed by atoms with Crippen molar-refractivity contribution in [2.45, 2.75) is 85.7 Å². The summed E-state index contributed by atoms with van der Waals surface area (Å²) in [4.78, 5) is 5.22. The van der Waals surface area contributed by atoms with Crippen LogP contribution < -0.4 is 0 Å². The fourth-order valence-electron chi connectivity index (χ4n) is 7.21. The first-order valence-corrected chi connectivity index (χ1v) is 11.6. The summed E-state index contributed by atoms with van der Waals surface area (Å²) in [6.07, 6.45) is 10.2. The van der Waals surface area contributed by atoms with Crippen molar-refractivity contribution >= 4 is 5.71 Å². The molecule has 0 spiro atoms. The third kappa shape index (κ3) is 3.45. The number of oxime groups is 1. The Morgan fingerprint density at radius 2 is 1.89 bits per heavy atom. The van der Waals surface area contributed by atoms with Crippen LogP contribution in [-0.4, -0.2) is 35.2 Å². The maximum absolute atomic E-state index is 10.6. The minimum atomic E-state index is -0.0951. The summed E-state index contributed by atoms with van der Waals surface area (Å²) in [5.41, 5.74) is 3.03. The summed E-state index contributed by atoms with van der Waals surface area (Å²) in [7, 11) is 0. The second-order valence-electron chi connectivity index (χ2n) is 9.81. The number of aliphatic hydroxyl groups excluding tert-OH is 2. The molecule has 0 aliphatic heterocycles. The standard InChI is InChI=1S/C22H35NO3.C2H6/c1-14-12-16-17-4-5-20(25)22(17,3)9-7-18(16)21(2)8-6-15(13-19(14)21)23-26-11-10-24;1-2/h13-14,16-18,20,24-25H,4-12H2,1-3H3;1-2H3/b23-15+;/t14-,16?,17?,18-,20+,21?,22?;/m0./s1. The van der Waals surface area contributed by atoms with E-state index in [4.69, 9.17) is 9.94 Å². The summed E-state index contributed by atoms with van der Waals surface area (Å²) in [5.74, 6) is 2.77. The van der Waals surface area contributed by atoms with Gasteiger partial charge in [-0.2, -0.15) is 0 Å². The van der Waals surface area contributed by atoms with Crippen molar-refractivity contribution in [3.63, 3.8) is 0 Å². The molecule has 4 unspecified atom stereocenters. The summed E-state index contributed by atoms with van der Waals surface area (Å²) in [6, 6.07) is 0. The molecule has 0 amide bonds. The molecule has 0 saturated heterocycles. The van der Waals surface area contributed by atoms with Gasteiger partial charge in [0.05, 0.1) is 18.4 Å². The van der Waals surface area contributed by atoms with Crippen LogP contribution in [0.3, 0.4) is 0 Å². The molecule has 28 heavy (non-hydrogen) atoms. The van der Waals surface area contributed by atoms with Crippen molar-refractivity contribution in [3.05, 3.63) is 11.6 Å². The van der Waals surface area contributed by atoms with E-state index in [2.05, 4.69) is 32.0 Å². The first-order valence-electron chi connectivity index (χ1n) is 11.6. The van der Waals surface area contributed by atoms with Gasteiger partial charge in [0, 0.05) is 0 Å². The van der Waals surface area contributed by atoms with Crippen LogP contribution in [0.2, 0.25) is 0 Å². The molecule has 3 saturated carbocycles. The predicted octanol–water partition coefficient (Wildman–Crippen LogP) is 4.95. The number of hydrogen-bond acceptors (Lipinski definition) is 4. The second-order valence-corrected chi connectivity index (χ2v) is 9.81. The average molecular weight is 392 g/mol. The fourth-order valence-corrected chi connectivity index (χ4v) is 7.21. The van der Waals surface area contributed by atoms with Crippen LogP contribution in [0.25, 0.3) is 0 Å². The molecule has 4 aliphatic rings. The van der Waals surface area contributed by atoms with Gasteiger partial charge in [-0.05, 0) is 85.5 Å². The third-order valence-electron chi connectivity index (χ3n) is 8.61. The molecule has 4 aliphatic carbocycles. The van der Waals surface area contributed by atoms with E-state index in [0.717, 1.165) is 36.8 Å². The molecule has 0 aromatic carbocycles. The number of hydrogen-bond donors (Lipinski definition) is 2. The van der Waals surface area contributed by atoms with Gasteiger partial charge in [-0.3, -0.25) is 0 Å². The van der Waals surface area contributed by atoms with E-state index >= 15 is 0 Å². The van der Waals surface area contributed by atoms with Gasteiger partial charge in [0.1, 0.15) is 6.61 Å². The lowest BCUT2D eigenvalue weighted by Gasteiger charge is -2.59. The molecule has 0 aromatic rings. The SMILES string of the molecule is CC.C[C@H]1CC2C3CC[C@@H](O)C3(C)CC[C@@H]2C2(C)CC/C(=N\OCCO)C=C12. The van der Waals surface area contributed by atoms with Crippen molar-refractivity contribution in [2.75, 3.05) is 13.2 Å². The highest BCUT2D eigenvalue weighted by atomic mass is 16.6. The van der Waals surface area contributed by atoms with Crippen LogP contribution in [0, 0.1) is 34.5 Å². The molecule has 0 bridgehead atoms. The zero-order valence-corrected chi connectivity index (χ0v) is 18.6. The summed E-state index contributed by atoms with van der Waals surface area (Å²) >= 11 is 0. The zero-order valence-electron chi connectivity index (χ0n) is 18.6. The first-order chi connectivity index (χ1) is 13.4. The topological polar surface area (TPSA) is 62.1 Å². The maximum Gasteiger partial charge on any atom is 0.140 e. The van der Waals surface area contributed by atoms with Crippen LogP contribution in [0.4, 0.5) is 0 Å². The van der Waals surface area contributed by atoms with Crippen LogP contribution in [0.15, 0.2) is 16.8 Å². The lowest BCUT2D eigenvalue weighted by atomic mass is 9.45. The fraction of sp³-hybridized carbons (Fsp3) is 0.875. The van der Waals surface area contributed by atoms with Gasteiger partial charge in [-0.25, -0.2) is 0 Å². The Hall–Kier alpha value is -0.870. The van der Waals surface area contributed by atoms with Crippen molar-refractivity contribution < 1.29 is 15.1 Å². The second kappa shape index (κ2) is 8.47. The average Bonchev–Trinajstić information content (AvgIpc) is 3.00. The van der Waals surface area contributed by atoms with E-state index in [1.54, 1.807) is 5.57 Å². The minimum Gasteiger partial charge on any atom is -0.393 e. The Morgan fingerprint density at radius 1 is 1.14 bits per heavy atom. The molecule has 4 nitrogen and oxygen atoms in total. The number of fused-ring (bicyclic) bond motifs is 5. The number of allylic oxidation sites excluding steroid dienone is 2. The number of nitrogens with zero attached hydrogens (tertiary/aromatic N) is 1. The number of rotatable bonds is 3. The van der Waals surface area contributed by atoms with E-state index < -0.39 is 0 Å². The normalized spacial score (nSPS) is 45.9. The monoisotopic (exact) mass is 391 g/mol. The molecule has 4 heteroatoms. The Labute approximate surface area is 171 Å². The van der Waals surface area contributed by atoms with E-state index in [0.29, 0.717) is 11.8 Å². The Morgan fingerprint density at radius 3 is 2.61 bits per heavy atom. The third-order valence-corrected chi connectivity index (χ3v) is 8.61. The molecule has 4 rings (SSSR count). The zero-order chi connectivity index (χ0) is 20.5. The molecule has 0 heterocycles. The lowest BCUT2D eigenvalue weighted by molar-refractivity contribution is -0.0796. The van der Waals surface area contributed by atoms with E-state index in [1.165, 1.54) is 25.7 Å². The molecule has 0 aromatic heterocycles. The highest BCUT2D eigenvalue weighted by molar-refractivity contribution is 5.96. The predicted molar refractivity (Wildman–Crippen MR) is 114 cm³/mol. The van der Waals surface area contributed by atoms with Crippen molar-refractivity contribution in [1.29, 1.82) is 0 Å². The van der Waals surface area contributed by atoms with Gasteiger partial charge < -0.3 is 15.1 Å². The quantitative estimate of drug-likeness (QED) is 0.529. The summed E-state index contributed by atoms with van der Waals surface area (Å²) < 4.78 is 0. The molecule has 7 atom stereocenters. The molecule has 3 fully saturated rings. The van der Waals surface area contributed by atoms with Gasteiger partial charge in [-0.15, -0.1) is 0 Å². The highest BCUT2D eigenvalue weighted by Gasteiger charge is 2.59. The van der Waals surface area contributed by atoms with Gasteiger partial charge in [0.25, 0.3) is 0 Å². The Balaban J connectivity index is 0.00000109. The lowest BCUT2D eigenvalue weighted by Crippen LogP contribution is -2.52. The molecule has 0 radical (unpaired) electrons. The molecule has 160 valence electrons. The molecular formula is C24H41NO3. The van der Waals surface area contributed by atoms with Gasteiger partial charge >= 0.3 is 0 Å².